The van der Waals surface area contributed by atoms with Gasteiger partial charge in [-0.15, -0.1) is 0 Å². The fourth-order valence-corrected chi connectivity index (χ4v) is 4.83. The molecule has 9 heteroatoms. The largest absolute Gasteiger partial charge is 0.493 e. The number of rotatable bonds is 12. The lowest BCUT2D eigenvalue weighted by atomic mass is 9.90. The zero-order valence-corrected chi connectivity index (χ0v) is 22.2. The molecule has 200 valence electrons. The lowest BCUT2D eigenvalue weighted by molar-refractivity contribution is -0.140. The molecule has 1 aliphatic rings. The number of hydrogen-bond donors (Lipinski definition) is 2. The van der Waals surface area contributed by atoms with E-state index in [1.54, 1.807) is 31.4 Å². The van der Waals surface area contributed by atoms with Gasteiger partial charge in [0, 0.05) is 50.0 Å². The normalized spacial score (nSPS) is 20.1. The van der Waals surface area contributed by atoms with Crippen LogP contribution in [0.4, 0.5) is 0 Å². The quantitative estimate of drug-likeness (QED) is 0.343. The number of nitrogens with zero attached hydrogens (tertiary/aromatic N) is 3. The van der Waals surface area contributed by atoms with Gasteiger partial charge in [-0.2, -0.15) is 0 Å². The highest BCUT2D eigenvalue weighted by Crippen LogP contribution is 2.30. The first-order chi connectivity index (χ1) is 17.9. The van der Waals surface area contributed by atoms with E-state index in [0.717, 1.165) is 30.8 Å². The Kier molecular flexibility index (Phi) is 9.32. The number of β-amino-alcohol motifs (C(OH)–C–C–N with tert-alkyl or cyclic N) is 1. The van der Waals surface area contributed by atoms with Gasteiger partial charge in [-0.05, 0) is 48.7 Å². The molecule has 1 aromatic heterocycles. The number of imidazole rings is 1. The summed E-state index contributed by atoms with van der Waals surface area (Å²) in [6, 6.07) is 12.9. The number of aromatic nitrogens is 2. The third kappa shape index (κ3) is 7.17. The number of aliphatic hydroxyl groups excluding tert-OH is 1. The summed E-state index contributed by atoms with van der Waals surface area (Å²) >= 11 is 6.03. The minimum absolute atomic E-state index is 0.0291. The van der Waals surface area contributed by atoms with Crippen molar-refractivity contribution in [2.75, 3.05) is 33.4 Å². The summed E-state index contributed by atoms with van der Waals surface area (Å²) in [6.07, 6.45) is 5.15. The fraction of sp³-hybridized carbons (Fsp3) is 0.464. The minimum Gasteiger partial charge on any atom is -0.493 e. The molecule has 0 amide bonds. The van der Waals surface area contributed by atoms with E-state index in [-0.39, 0.29) is 13.2 Å². The second-order valence-electron chi connectivity index (χ2n) is 9.44. The zero-order valence-electron chi connectivity index (χ0n) is 21.5. The van der Waals surface area contributed by atoms with Crippen LogP contribution in [-0.2, 0) is 19.5 Å². The summed E-state index contributed by atoms with van der Waals surface area (Å²) in [4.78, 5) is 6.48. The second kappa shape index (κ2) is 12.6. The number of methoxy groups -OCH3 is 1. The zero-order chi connectivity index (χ0) is 26.3. The van der Waals surface area contributed by atoms with Crippen molar-refractivity contribution in [3.63, 3.8) is 0 Å². The van der Waals surface area contributed by atoms with Crippen LogP contribution >= 0.6 is 11.6 Å². The molecule has 0 aliphatic carbocycles. The van der Waals surface area contributed by atoms with Crippen LogP contribution in [0.25, 0.3) is 0 Å². The molecule has 8 nitrogen and oxygen atoms in total. The van der Waals surface area contributed by atoms with Crippen LogP contribution in [0.5, 0.6) is 17.2 Å². The van der Waals surface area contributed by atoms with E-state index < -0.39 is 11.7 Å². The highest BCUT2D eigenvalue weighted by atomic mass is 35.5. The highest BCUT2D eigenvalue weighted by Gasteiger charge is 2.42. The van der Waals surface area contributed by atoms with Gasteiger partial charge in [0.05, 0.1) is 19.8 Å². The summed E-state index contributed by atoms with van der Waals surface area (Å²) in [7, 11) is 1.63. The van der Waals surface area contributed by atoms with Crippen molar-refractivity contribution in [3.05, 3.63) is 71.3 Å². The Morgan fingerprint density at radius 2 is 2.03 bits per heavy atom. The Bertz CT molecular complexity index is 1160. The maximum atomic E-state index is 11.2. The van der Waals surface area contributed by atoms with Gasteiger partial charge in [-0.3, -0.25) is 4.90 Å². The summed E-state index contributed by atoms with van der Waals surface area (Å²) in [5, 5.41) is 22.3. The van der Waals surface area contributed by atoms with Crippen LogP contribution in [0.1, 0.15) is 31.2 Å². The maximum Gasteiger partial charge on any atom is 0.161 e. The van der Waals surface area contributed by atoms with Crippen LogP contribution in [0.15, 0.2) is 54.9 Å². The number of halogens is 1. The van der Waals surface area contributed by atoms with Crippen LogP contribution in [-0.4, -0.2) is 69.8 Å². The summed E-state index contributed by atoms with van der Waals surface area (Å²) in [5.74, 6) is 3.00. The van der Waals surface area contributed by atoms with Crippen molar-refractivity contribution >= 4 is 11.6 Å². The van der Waals surface area contributed by atoms with Crippen LogP contribution in [0.3, 0.4) is 0 Å². The molecule has 4 rings (SSSR count). The lowest BCUT2D eigenvalue weighted by Gasteiger charge is -2.42. The number of benzene rings is 2. The van der Waals surface area contributed by atoms with Gasteiger partial charge in [0.2, 0.25) is 0 Å². The standard InChI is InChI=1S/C28H36ClN3O5/c1-3-27-30-11-14-32(27)12-5-15-36-25-16-21(8-9-24(25)35-2)18-31-13-10-26(33)28(34,19-31)20-37-23-7-4-6-22(29)17-23/h4,6-9,11,14,16-17,26,33-34H,3,5,10,12-13,15,18-20H2,1-2H3/t26-,28-/m0/s1. The van der Waals surface area contributed by atoms with Crippen LogP contribution < -0.4 is 14.2 Å². The molecular weight excluding hydrogens is 494 g/mol. The second-order valence-corrected chi connectivity index (χ2v) is 9.88. The summed E-state index contributed by atoms with van der Waals surface area (Å²) < 4.78 is 19.5. The van der Waals surface area contributed by atoms with Crippen molar-refractivity contribution < 1.29 is 24.4 Å². The van der Waals surface area contributed by atoms with Crippen molar-refractivity contribution in [3.8, 4) is 17.2 Å². The molecule has 37 heavy (non-hydrogen) atoms. The van der Waals surface area contributed by atoms with E-state index in [2.05, 4.69) is 21.4 Å². The monoisotopic (exact) mass is 529 g/mol. The lowest BCUT2D eigenvalue weighted by Crippen LogP contribution is -2.59. The molecule has 2 heterocycles. The molecule has 3 aromatic rings. The van der Waals surface area contributed by atoms with Gasteiger partial charge in [0.15, 0.2) is 11.5 Å². The molecule has 2 atom stereocenters. The molecule has 1 aliphatic heterocycles. The summed E-state index contributed by atoms with van der Waals surface area (Å²) in [6.45, 7) is 5.01. The third-order valence-corrected chi connectivity index (χ3v) is 6.91. The third-order valence-electron chi connectivity index (χ3n) is 6.67. The van der Waals surface area contributed by atoms with Gasteiger partial charge in [0.1, 0.15) is 23.8 Å². The SMILES string of the molecule is CCc1nccn1CCCOc1cc(CN2CC[C@H](O)[C@@](O)(COc3cccc(Cl)c3)C2)ccc1OC. The first-order valence-electron chi connectivity index (χ1n) is 12.7. The van der Waals surface area contributed by atoms with Crippen LogP contribution in [0.2, 0.25) is 5.02 Å². The average molecular weight is 530 g/mol. The topological polar surface area (TPSA) is 89.2 Å². The van der Waals surface area contributed by atoms with Crippen molar-refractivity contribution in [2.24, 2.45) is 0 Å². The Hall–Kier alpha value is -2.78. The van der Waals surface area contributed by atoms with E-state index in [4.69, 9.17) is 25.8 Å². The van der Waals surface area contributed by atoms with Crippen molar-refractivity contribution in [1.82, 2.24) is 14.5 Å². The smallest absolute Gasteiger partial charge is 0.161 e. The number of likely N-dealkylation sites (tertiary alicyclic amines) is 1. The number of piperidine rings is 1. The molecule has 0 spiro atoms. The number of ether oxygens (including phenoxy) is 3. The highest BCUT2D eigenvalue weighted by molar-refractivity contribution is 6.30. The first kappa shape index (κ1) is 27.3. The molecule has 1 saturated heterocycles. The number of aryl methyl sites for hydroxylation is 2. The Labute approximate surface area is 223 Å². The van der Waals surface area contributed by atoms with E-state index in [0.29, 0.717) is 48.4 Å². The number of hydrogen-bond acceptors (Lipinski definition) is 7. The molecule has 0 bridgehead atoms. The van der Waals surface area contributed by atoms with Crippen molar-refractivity contribution in [1.29, 1.82) is 0 Å². The Morgan fingerprint density at radius 3 is 2.81 bits per heavy atom. The Morgan fingerprint density at radius 1 is 1.16 bits per heavy atom. The minimum atomic E-state index is -1.39. The molecule has 0 radical (unpaired) electrons. The molecular formula is C28H36ClN3O5. The van der Waals surface area contributed by atoms with Gasteiger partial charge in [-0.1, -0.05) is 30.7 Å². The predicted molar refractivity (Wildman–Crippen MR) is 143 cm³/mol. The van der Waals surface area contributed by atoms with E-state index in [9.17, 15) is 10.2 Å². The van der Waals surface area contributed by atoms with Crippen LogP contribution in [0, 0.1) is 0 Å². The molecule has 1 fully saturated rings. The number of aliphatic hydroxyl groups is 2. The van der Waals surface area contributed by atoms with Gasteiger partial charge >= 0.3 is 0 Å². The molecule has 2 N–H and O–H groups in total. The van der Waals surface area contributed by atoms with E-state index in [1.165, 1.54) is 0 Å². The fourth-order valence-electron chi connectivity index (χ4n) is 4.65. The Balaban J connectivity index is 1.34. The van der Waals surface area contributed by atoms with Gasteiger partial charge in [-0.25, -0.2) is 4.98 Å². The van der Waals surface area contributed by atoms with Gasteiger partial charge in [0.25, 0.3) is 0 Å². The van der Waals surface area contributed by atoms with Gasteiger partial charge < -0.3 is 29.0 Å². The molecule has 2 aromatic carbocycles. The first-order valence-corrected chi connectivity index (χ1v) is 13.1. The maximum absolute atomic E-state index is 11.2. The molecule has 0 unspecified atom stereocenters. The van der Waals surface area contributed by atoms with Crippen molar-refractivity contribution in [2.45, 2.75) is 51.0 Å². The average Bonchev–Trinajstić information content (AvgIpc) is 3.35. The predicted octanol–water partition coefficient (Wildman–Crippen LogP) is 3.95. The molecule has 0 saturated carbocycles. The summed E-state index contributed by atoms with van der Waals surface area (Å²) in [5.41, 5.74) is -0.356. The van der Waals surface area contributed by atoms with E-state index >= 15 is 0 Å². The van der Waals surface area contributed by atoms with E-state index in [1.807, 2.05) is 30.6 Å².